The molecule has 4 rings (SSSR count). The largest absolute Gasteiger partial charge is 0.429 e. The molecule has 1 aliphatic heterocycles. The van der Waals surface area contributed by atoms with Gasteiger partial charge in [0.1, 0.15) is 0 Å². The van der Waals surface area contributed by atoms with Crippen LogP contribution in [0.15, 0.2) is 46.9 Å². The molecule has 2 heterocycles. The van der Waals surface area contributed by atoms with Crippen molar-refractivity contribution in [3.8, 4) is 0 Å². The van der Waals surface area contributed by atoms with Crippen LogP contribution in [0.3, 0.4) is 0 Å². The lowest BCUT2D eigenvalue weighted by Gasteiger charge is -2.36. The number of aromatic nitrogens is 1. The average Bonchev–Trinajstić information content (AvgIpc) is 3.03. The zero-order valence-corrected chi connectivity index (χ0v) is 16.7. The van der Waals surface area contributed by atoms with Gasteiger partial charge < -0.3 is 9.32 Å². The van der Waals surface area contributed by atoms with Crippen molar-refractivity contribution in [3.05, 3.63) is 63.0 Å². The molecular weight excluding hydrogens is 392 g/mol. The summed E-state index contributed by atoms with van der Waals surface area (Å²) in [6.45, 7) is 5.39. The fourth-order valence-corrected chi connectivity index (χ4v) is 3.80. The number of non-ortho nitro benzene ring substituents is 1. The van der Waals surface area contributed by atoms with Gasteiger partial charge >= 0.3 is 0 Å². The van der Waals surface area contributed by atoms with E-state index in [2.05, 4.69) is 9.80 Å². The molecule has 150 valence electrons. The third kappa shape index (κ3) is 3.92. The molecule has 1 saturated heterocycles. The van der Waals surface area contributed by atoms with Gasteiger partial charge in [0.05, 0.1) is 17.1 Å². The van der Waals surface area contributed by atoms with E-state index in [1.165, 1.54) is 12.1 Å². The molecule has 0 spiro atoms. The Kier molecular flexibility index (Phi) is 5.16. The van der Waals surface area contributed by atoms with Crippen LogP contribution in [0, 0.1) is 15.0 Å². The second-order valence-corrected chi connectivity index (χ2v) is 7.40. The van der Waals surface area contributed by atoms with Crippen molar-refractivity contribution < 1.29 is 14.1 Å². The summed E-state index contributed by atoms with van der Waals surface area (Å²) in [5.41, 5.74) is 3.00. The second kappa shape index (κ2) is 7.76. The predicted molar refractivity (Wildman–Crippen MR) is 112 cm³/mol. The van der Waals surface area contributed by atoms with Gasteiger partial charge in [-0.05, 0) is 49.5 Å². The van der Waals surface area contributed by atoms with Gasteiger partial charge in [0, 0.05) is 49.6 Å². The number of nitro benzene ring substituents is 1. The lowest BCUT2D eigenvalue weighted by molar-refractivity contribution is -0.384. The topological polar surface area (TPSA) is 84.8 Å². The molecule has 8 nitrogen and oxygen atoms in total. The second-order valence-electron chi connectivity index (χ2n) is 7.05. The molecule has 29 heavy (non-hydrogen) atoms. The van der Waals surface area contributed by atoms with E-state index < -0.39 is 4.92 Å². The summed E-state index contributed by atoms with van der Waals surface area (Å²) in [6, 6.07) is 12.2. The average molecular weight is 412 g/mol. The maximum atomic E-state index is 11.4. The van der Waals surface area contributed by atoms with Gasteiger partial charge in [-0.3, -0.25) is 24.4 Å². The zero-order chi connectivity index (χ0) is 20.5. The van der Waals surface area contributed by atoms with Crippen molar-refractivity contribution in [2.45, 2.75) is 13.6 Å². The van der Waals surface area contributed by atoms with Crippen LogP contribution in [-0.4, -0.2) is 46.4 Å². The minimum atomic E-state index is -0.421. The summed E-state index contributed by atoms with van der Waals surface area (Å²) in [5, 5.41) is 11.1. The van der Waals surface area contributed by atoms with Crippen LogP contribution < -0.4 is 4.90 Å². The fraction of sp³-hybridized carbons (Fsp3) is 0.300. The molecule has 0 aliphatic carbocycles. The van der Waals surface area contributed by atoms with Crippen LogP contribution in [0.2, 0.25) is 0 Å². The van der Waals surface area contributed by atoms with Crippen LogP contribution in [0.1, 0.15) is 17.3 Å². The van der Waals surface area contributed by atoms with Crippen molar-refractivity contribution in [3.63, 3.8) is 0 Å². The number of carbonyl (C=O) groups is 1. The first kappa shape index (κ1) is 19.3. The van der Waals surface area contributed by atoms with Gasteiger partial charge in [0.15, 0.2) is 11.4 Å². The van der Waals surface area contributed by atoms with Crippen LogP contribution >= 0.6 is 12.2 Å². The predicted octanol–water partition coefficient (Wildman–Crippen LogP) is 3.85. The van der Waals surface area contributed by atoms with Gasteiger partial charge in [-0.2, -0.15) is 0 Å². The molecule has 0 saturated carbocycles. The summed E-state index contributed by atoms with van der Waals surface area (Å²) in [4.78, 5) is 26.9. The minimum Gasteiger partial charge on any atom is -0.429 e. The summed E-state index contributed by atoms with van der Waals surface area (Å²) in [5.74, 6) is 0.0608. The van der Waals surface area contributed by atoms with Gasteiger partial charge in [0.2, 0.25) is 0 Å². The monoisotopic (exact) mass is 412 g/mol. The van der Waals surface area contributed by atoms with Crippen LogP contribution in [-0.2, 0) is 6.67 Å². The van der Waals surface area contributed by atoms with Crippen LogP contribution in [0.25, 0.3) is 11.1 Å². The molecule has 0 unspecified atom stereocenters. The molecule has 3 aromatic rings. The van der Waals surface area contributed by atoms with E-state index in [4.69, 9.17) is 16.6 Å². The first-order valence-electron chi connectivity index (χ1n) is 9.28. The van der Waals surface area contributed by atoms with Crippen LogP contribution in [0.5, 0.6) is 0 Å². The van der Waals surface area contributed by atoms with Crippen molar-refractivity contribution >= 4 is 40.5 Å². The molecule has 1 fully saturated rings. The zero-order valence-electron chi connectivity index (χ0n) is 15.9. The van der Waals surface area contributed by atoms with Gasteiger partial charge in [-0.15, -0.1) is 0 Å². The Morgan fingerprint density at radius 1 is 1.14 bits per heavy atom. The maximum absolute atomic E-state index is 11.4. The number of nitro groups is 1. The summed E-state index contributed by atoms with van der Waals surface area (Å²) in [7, 11) is 0. The number of benzene rings is 2. The normalized spacial score (nSPS) is 15.0. The highest BCUT2D eigenvalue weighted by atomic mass is 32.1. The Bertz CT molecular complexity index is 1130. The molecule has 1 aliphatic rings. The number of hydrogen-bond acceptors (Lipinski definition) is 7. The minimum absolute atomic E-state index is 0.0147. The van der Waals surface area contributed by atoms with E-state index in [-0.39, 0.29) is 11.5 Å². The maximum Gasteiger partial charge on any atom is 0.271 e. The number of piperazine rings is 1. The van der Waals surface area contributed by atoms with E-state index in [1.807, 2.05) is 24.3 Å². The van der Waals surface area contributed by atoms with Gasteiger partial charge in [-0.25, -0.2) is 0 Å². The van der Waals surface area contributed by atoms with Gasteiger partial charge in [-0.1, -0.05) is 0 Å². The van der Waals surface area contributed by atoms with Crippen molar-refractivity contribution in [1.82, 2.24) is 9.47 Å². The molecule has 9 heteroatoms. The Balaban J connectivity index is 1.46. The molecule has 0 radical (unpaired) electrons. The molecule has 2 aromatic carbocycles. The summed E-state index contributed by atoms with van der Waals surface area (Å²) < 4.78 is 7.39. The first-order valence-corrected chi connectivity index (χ1v) is 9.69. The van der Waals surface area contributed by atoms with Crippen LogP contribution in [0.4, 0.5) is 11.4 Å². The number of oxazole rings is 1. The third-order valence-electron chi connectivity index (χ3n) is 5.21. The number of ketones is 1. The van der Waals surface area contributed by atoms with E-state index >= 15 is 0 Å². The number of rotatable bonds is 5. The molecule has 0 amide bonds. The van der Waals surface area contributed by atoms with Crippen molar-refractivity contribution in [1.29, 1.82) is 0 Å². The van der Waals surface area contributed by atoms with E-state index in [9.17, 15) is 14.9 Å². The van der Waals surface area contributed by atoms with Crippen molar-refractivity contribution in [2.75, 3.05) is 31.1 Å². The Hall–Kier alpha value is -3.04. The van der Waals surface area contributed by atoms with E-state index in [0.29, 0.717) is 28.2 Å². The third-order valence-corrected chi connectivity index (χ3v) is 5.52. The number of fused-ring (bicyclic) bond motifs is 1. The smallest absolute Gasteiger partial charge is 0.271 e. The summed E-state index contributed by atoms with van der Waals surface area (Å²) in [6.07, 6.45) is 0. The number of Topliss-reactive ketones (excluding diaryl/α,β-unsaturated/α-hetero) is 1. The first-order chi connectivity index (χ1) is 13.9. The lowest BCUT2D eigenvalue weighted by Crippen LogP contribution is -2.46. The highest BCUT2D eigenvalue weighted by Crippen LogP contribution is 2.24. The fourth-order valence-electron chi connectivity index (χ4n) is 3.55. The molecule has 0 N–H and O–H groups in total. The highest BCUT2D eigenvalue weighted by Gasteiger charge is 2.20. The molecule has 1 aromatic heterocycles. The van der Waals surface area contributed by atoms with E-state index in [0.717, 1.165) is 31.9 Å². The quantitative estimate of drug-likeness (QED) is 0.272. The Labute approximate surface area is 172 Å². The molecular formula is C20H20N4O4S. The SMILES string of the molecule is CC(=O)c1ccc(N2CCN(Cn3c(=S)oc4ccc([N+](=O)[O-])cc43)CC2)cc1. The lowest BCUT2D eigenvalue weighted by atomic mass is 10.1. The van der Waals surface area contributed by atoms with Gasteiger partial charge in [0.25, 0.3) is 10.5 Å². The molecule has 0 bridgehead atoms. The summed E-state index contributed by atoms with van der Waals surface area (Å²) >= 11 is 5.33. The molecule has 0 atom stereocenters. The number of nitrogens with zero attached hydrogens (tertiary/aromatic N) is 4. The van der Waals surface area contributed by atoms with E-state index in [1.54, 1.807) is 17.6 Å². The highest BCUT2D eigenvalue weighted by molar-refractivity contribution is 7.71. The number of anilines is 1. The Morgan fingerprint density at radius 3 is 2.45 bits per heavy atom. The standard InChI is InChI=1S/C20H20N4O4S/c1-14(25)15-2-4-16(5-3-15)22-10-8-21(9-11-22)13-23-18-12-17(24(26)27)6-7-19(18)28-20(23)29/h2-7,12H,8-11,13H2,1H3. The van der Waals surface area contributed by atoms with Crippen molar-refractivity contribution in [2.24, 2.45) is 0 Å². The number of carbonyl (C=O) groups excluding carboxylic acids is 1. The Morgan fingerprint density at radius 2 is 1.83 bits per heavy atom. The number of hydrogen-bond donors (Lipinski definition) is 0.